The summed E-state index contributed by atoms with van der Waals surface area (Å²) < 4.78 is 11.5. The highest BCUT2D eigenvalue weighted by atomic mass is 32.1. The fourth-order valence-corrected chi connectivity index (χ4v) is 5.38. The lowest BCUT2D eigenvalue weighted by atomic mass is 10.0. The Hall–Kier alpha value is -4.09. The van der Waals surface area contributed by atoms with E-state index in [1.165, 1.54) is 38.8 Å². The van der Waals surface area contributed by atoms with Gasteiger partial charge in [0.05, 0.1) is 29.3 Å². The van der Waals surface area contributed by atoms with Crippen molar-refractivity contribution in [2.24, 2.45) is 0 Å². The van der Waals surface area contributed by atoms with Crippen LogP contribution in [0, 0.1) is 0 Å². The molecule has 0 spiro atoms. The zero-order valence-electron chi connectivity index (χ0n) is 17.6. The summed E-state index contributed by atoms with van der Waals surface area (Å²) in [5, 5.41) is 4.90. The van der Waals surface area contributed by atoms with Gasteiger partial charge in [0.1, 0.15) is 16.9 Å². The topological polar surface area (TPSA) is 43.6 Å². The first kappa shape index (κ1) is 18.5. The summed E-state index contributed by atoms with van der Waals surface area (Å²) in [6.45, 7) is 0.701. The van der Waals surface area contributed by atoms with Gasteiger partial charge in [-0.05, 0) is 39.2 Å². The van der Waals surface area contributed by atoms with E-state index in [1.807, 2.05) is 6.07 Å². The Morgan fingerprint density at radius 3 is 2.21 bits per heavy atom. The van der Waals surface area contributed by atoms with Crippen LogP contribution in [0.3, 0.4) is 0 Å². The molecule has 7 rings (SSSR count). The van der Waals surface area contributed by atoms with Crippen LogP contribution in [0.15, 0.2) is 97.1 Å². The standard InChI is InChI=1S/C28H18N4S/c1-3-12-21-18(7-1)9-5-11-20(21)17-32-27-25(16-15-24-26(27)31-33-30-24)29-28(32)23-14-6-10-19-8-2-4-13-22(19)23/h1-16H,17H2. The number of hydrogen-bond acceptors (Lipinski definition) is 4. The number of hydrogen-bond donors (Lipinski definition) is 0. The lowest BCUT2D eigenvalue weighted by molar-refractivity contribution is 0.843. The van der Waals surface area contributed by atoms with Crippen LogP contribution in [0.2, 0.25) is 0 Å². The average Bonchev–Trinajstić information content (AvgIpc) is 3.48. The summed E-state index contributed by atoms with van der Waals surface area (Å²) in [4.78, 5) is 5.14. The van der Waals surface area contributed by atoms with E-state index in [2.05, 4.69) is 104 Å². The van der Waals surface area contributed by atoms with E-state index in [1.54, 1.807) is 0 Å². The van der Waals surface area contributed by atoms with E-state index in [0.717, 1.165) is 33.5 Å². The van der Waals surface area contributed by atoms with E-state index in [9.17, 15) is 0 Å². The van der Waals surface area contributed by atoms with Crippen molar-refractivity contribution in [2.45, 2.75) is 6.54 Å². The van der Waals surface area contributed by atoms with Gasteiger partial charge < -0.3 is 4.57 Å². The predicted molar refractivity (Wildman–Crippen MR) is 137 cm³/mol. The third kappa shape index (κ3) is 2.86. The van der Waals surface area contributed by atoms with Gasteiger partial charge in [0.15, 0.2) is 0 Å². The number of rotatable bonds is 3. The minimum absolute atomic E-state index is 0.701. The molecule has 0 N–H and O–H groups in total. The maximum atomic E-state index is 5.14. The molecule has 5 heteroatoms. The van der Waals surface area contributed by atoms with Crippen molar-refractivity contribution in [2.75, 3.05) is 0 Å². The second-order valence-electron chi connectivity index (χ2n) is 8.25. The largest absolute Gasteiger partial charge is 0.318 e. The van der Waals surface area contributed by atoms with Gasteiger partial charge >= 0.3 is 0 Å². The lowest BCUT2D eigenvalue weighted by Crippen LogP contribution is -2.03. The van der Waals surface area contributed by atoms with Crippen molar-refractivity contribution in [1.29, 1.82) is 0 Å². The van der Waals surface area contributed by atoms with Gasteiger partial charge in [-0.2, -0.15) is 8.75 Å². The van der Waals surface area contributed by atoms with Gasteiger partial charge in [-0.3, -0.25) is 0 Å². The number of aromatic nitrogens is 4. The van der Waals surface area contributed by atoms with Crippen LogP contribution in [-0.2, 0) is 6.54 Å². The zero-order chi connectivity index (χ0) is 21.8. The lowest BCUT2D eigenvalue weighted by Gasteiger charge is -2.13. The first-order chi connectivity index (χ1) is 16.4. The molecule has 0 amide bonds. The van der Waals surface area contributed by atoms with Crippen LogP contribution in [0.5, 0.6) is 0 Å². The molecule has 5 aromatic carbocycles. The van der Waals surface area contributed by atoms with Crippen LogP contribution in [-0.4, -0.2) is 18.3 Å². The number of imidazole rings is 1. The molecular formula is C28H18N4S. The van der Waals surface area contributed by atoms with Gasteiger partial charge in [-0.1, -0.05) is 84.9 Å². The van der Waals surface area contributed by atoms with Gasteiger partial charge in [-0.25, -0.2) is 4.98 Å². The smallest absolute Gasteiger partial charge is 0.142 e. The Labute approximate surface area is 194 Å². The van der Waals surface area contributed by atoms with E-state index in [4.69, 9.17) is 4.98 Å². The quantitative estimate of drug-likeness (QED) is 0.294. The highest BCUT2D eigenvalue weighted by Gasteiger charge is 2.19. The molecule has 156 valence electrons. The molecule has 0 aliphatic heterocycles. The molecule has 33 heavy (non-hydrogen) atoms. The maximum Gasteiger partial charge on any atom is 0.142 e. The Morgan fingerprint density at radius 2 is 1.33 bits per heavy atom. The fourth-order valence-electron chi connectivity index (χ4n) is 4.84. The van der Waals surface area contributed by atoms with Crippen LogP contribution in [0.4, 0.5) is 0 Å². The normalized spacial score (nSPS) is 11.8. The summed E-state index contributed by atoms with van der Waals surface area (Å²) in [5.74, 6) is 0.954. The number of nitrogens with zero attached hydrogens (tertiary/aromatic N) is 4. The predicted octanol–water partition coefficient (Wildman–Crippen LogP) is 7.06. The summed E-state index contributed by atoms with van der Waals surface area (Å²) >= 11 is 1.25. The molecule has 4 nitrogen and oxygen atoms in total. The first-order valence-corrected chi connectivity index (χ1v) is 11.7. The third-order valence-corrected chi connectivity index (χ3v) is 6.91. The van der Waals surface area contributed by atoms with E-state index < -0.39 is 0 Å². The molecule has 0 saturated carbocycles. The molecular weight excluding hydrogens is 424 g/mol. The van der Waals surface area contributed by atoms with Gasteiger partial charge in [0, 0.05) is 5.56 Å². The Balaban J connectivity index is 1.56. The molecule has 0 aliphatic carbocycles. The molecule has 0 aliphatic rings. The molecule has 2 heterocycles. The average molecular weight is 443 g/mol. The number of fused-ring (bicyclic) bond motifs is 5. The van der Waals surface area contributed by atoms with Crippen LogP contribution < -0.4 is 0 Å². The second kappa shape index (κ2) is 7.22. The maximum absolute atomic E-state index is 5.14. The minimum Gasteiger partial charge on any atom is -0.318 e. The SMILES string of the molecule is c1ccc2c(Cn3c(-c4cccc5ccccc45)nc4ccc5nsnc5c43)cccc2c1. The summed E-state index contributed by atoms with van der Waals surface area (Å²) in [5.41, 5.74) is 6.19. The zero-order valence-corrected chi connectivity index (χ0v) is 18.5. The molecule has 0 unspecified atom stereocenters. The van der Waals surface area contributed by atoms with Gasteiger partial charge in [0.2, 0.25) is 0 Å². The summed E-state index contributed by atoms with van der Waals surface area (Å²) in [6, 6.07) is 34.1. The van der Waals surface area contributed by atoms with Crippen molar-refractivity contribution >= 4 is 55.3 Å². The van der Waals surface area contributed by atoms with Crippen molar-refractivity contribution in [3.63, 3.8) is 0 Å². The highest BCUT2D eigenvalue weighted by Crippen LogP contribution is 2.34. The fraction of sp³-hybridized carbons (Fsp3) is 0.0357. The third-order valence-electron chi connectivity index (χ3n) is 6.37. The van der Waals surface area contributed by atoms with Crippen LogP contribution in [0.1, 0.15) is 5.56 Å². The molecule has 0 saturated heterocycles. The molecule has 0 radical (unpaired) electrons. The van der Waals surface area contributed by atoms with Gasteiger partial charge in [0.25, 0.3) is 0 Å². The van der Waals surface area contributed by atoms with Crippen LogP contribution in [0.25, 0.3) is 55.0 Å². The second-order valence-corrected chi connectivity index (χ2v) is 8.78. The Morgan fingerprint density at radius 1 is 0.636 bits per heavy atom. The molecule has 2 aromatic heterocycles. The summed E-state index contributed by atoms with van der Waals surface area (Å²) in [6.07, 6.45) is 0. The van der Waals surface area contributed by atoms with E-state index in [-0.39, 0.29) is 0 Å². The molecule has 0 bridgehead atoms. The first-order valence-electron chi connectivity index (χ1n) is 10.9. The van der Waals surface area contributed by atoms with Crippen molar-refractivity contribution < 1.29 is 0 Å². The van der Waals surface area contributed by atoms with Crippen molar-refractivity contribution in [3.8, 4) is 11.4 Å². The Bertz CT molecular complexity index is 1800. The van der Waals surface area contributed by atoms with E-state index >= 15 is 0 Å². The highest BCUT2D eigenvalue weighted by molar-refractivity contribution is 7.00. The molecule has 7 aromatic rings. The monoisotopic (exact) mass is 442 g/mol. The molecule has 0 fully saturated rings. The van der Waals surface area contributed by atoms with Crippen molar-refractivity contribution in [1.82, 2.24) is 18.3 Å². The van der Waals surface area contributed by atoms with Crippen molar-refractivity contribution in [3.05, 3.63) is 103 Å². The van der Waals surface area contributed by atoms with E-state index in [0.29, 0.717) is 6.54 Å². The van der Waals surface area contributed by atoms with Crippen LogP contribution >= 0.6 is 11.7 Å². The molecule has 0 atom stereocenters. The minimum atomic E-state index is 0.701. The number of benzene rings is 5. The van der Waals surface area contributed by atoms with Gasteiger partial charge in [-0.15, -0.1) is 0 Å². The Kier molecular flexibility index (Phi) is 4.04. The summed E-state index contributed by atoms with van der Waals surface area (Å²) in [7, 11) is 0.